The molecule has 5 nitrogen and oxygen atoms in total. The van der Waals surface area contributed by atoms with Crippen LogP contribution in [0.4, 0.5) is 0 Å². The lowest BCUT2D eigenvalue weighted by atomic mass is 9.98. The maximum absolute atomic E-state index is 10.8. The van der Waals surface area contributed by atoms with Gasteiger partial charge in [-0.2, -0.15) is 0 Å². The molecule has 106 valence electrons. The largest absolute Gasteiger partial charge is 0.481 e. The Balaban J connectivity index is 2.77. The van der Waals surface area contributed by atoms with Crippen molar-refractivity contribution in [2.24, 2.45) is 0 Å². The molecule has 0 aliphatic carbocycles. The van der Waals surface area contributed by atoms with Gasteiger partial charge in [-0.25, -0.2) is 0 Å². The summed E-state index contributed by atoms with van der Waals surface area (Å²) in [4.78, 5) is 10.8. The molecule has 0 aliphatic heterocycles. The fraction of sp³-hybridized carbons (Fsp3) is 0.500. The first-order valence-electron chi connectivity index (χ1n) is 6.41. The second-order valence-electron chi connectivity index (χ2n) is 4.42. The third-order valence-electron chi connectivity index (χ3n) is 3.02. The minimum absolute atomic E-state index is 0.0996. The van der Waals surface area contributed by atoms with Crippen molar-refractivity contribution in [3.8, 4) is 0 Å². The van der Waals surface area contributed by atoms with Crippen LogP contribution in [0, 0.1) is 0 Å². The van der Waals surface area contributed by atoms with Crippen molar-refractivity contribution >= 4 is 5.97 Å². The lowest BCUT2D eigenvalue weighted by molar-refractivity contribution is -0.138. The first-order valence-corrected chi connectivity index (χ1v) is 6.41. The van der Waals surface area contributed by atoms with E-state index in [1.54, 1.807) is 12.1 Å². The zero-order chi connectivity index (χ0) is 14.3. The molecule has 1 aromatic carbocycles. The Hall–Kier alpha value is -1.43. The third kappa shape index (κ3) is 4.98. The summed E-state index contributed by atoms with van der Waals surface area (Å²) in [6.07, 6.45) is -0.192. The monoisotopic (exact) mass is 267 g/mol. The number of carboxylic acid groups (broad SMARTS) is 1. The molecule has 0 saturated carbocycles. The molecular formula is C14H21NO4. The predicted octanol–water partition coefficient (Wildman–Crippen LogP) is 0.708. The highest BCUT2D eigenvalue weighted by molar-refractivity contribution is 5.67. The number of aliphatic hydroxyl groups is 2. The first-order chi connectivity index (χ1) is 9.08. The van der Waals surface area contributed by atoms with Gasteiger partial charge >= 0.3 is 5.97 Å². The predicted molar refractivity (Wildman–Crippen MR) is 71.9 cm³/mol. The van der Waals surface area contributed by atoms with E-state index in [-0.39, 0.29) is 19.6 Å². The van der Waals surface area contributed by atoms with Crippen LogP contribution in [0.3, 0.4) is 0 Å². The van der Waals surface area contributed by atoms with E-state index in [1.165, 1.54) is 0 Å². The summed E-state index contributed by atoms with van der Waals surface area (Å²) in [7, 11) is 0. The molecule has 5 heteroatoms. The molecule has 0 spiro atoms. The molecule has 0 amide bonds. The van der Waals surface area contributed by atoms with Gasteiger partial charge in [0.2, 0.25) is 0 Å². The number of nitrogens with one attached hydrogen (secondary N) is 1. The number of aliphatic hydroxyl groups excluding tert-OH is 2. The molecule has 4 N–H and O–H groups in total. The normalized spacial score (nSPS) is 14.1. The average Bonchev–Trinajstić information content (AvgIpc) is 2.42. The molecule has 0 aromatic heterocycles. The van der Waals surface area contributed by atoms with Gasteiger partial charge in [-0.15, -0.1) is 0 Å². The second-order valence-corrected chi connectivity index (χ2v) is 4.42. The molecule has 0 saturated heterocycles. The fourth-order valence-corrected chi connectivity index (χ4v) is 1.92. The van der Waals surface area contributed by atoms with E-state index in [0.29, 0.717) is 5.56 Å². The lowest BCUT2D eigenvalue weighted by Gasteiger charge is -2.23. The smallest absolute Gasteiger partial charge is 0.305 e. The third-order valence-corrected chi connectivity index (χ3v) is 3.02. The summed E-state index contributed by atoms with van der Waals surface area (Å²) in [6, 6.07) is 6.83. The van der Waals surface area contributed by atoms with Gasteiger partial charge in [-0.3, -0.25) is 4.79 Å². The number of aliphatic carboxylic acids is 1. The van der Waals surface area contributed by atoms with Crippen LogP contribution in [0.25, 0.3) is 0 Å². The molecule has 0 radical (unpaired) electrons. The van der Waals surface area contributed by atoms with Crippen molar-refractivity contribution in [2.75, 3.05) is 13.2 Å². The van der Waals surface area contributed by atoms with Crippen LogP contribution in [-0.2, 0) is 11.2 Å². The Morgan fingerprint density at radius 1 is 1.32 bits per heavy atom. The molecule has 1 aromatic rings. The van der Waals surface area contributed by atoms with Crippen LogP contribution in [0.5, 0.6) is 0 Å². The number of benzene rings is 1. The van der Waals surface area contributed by atoms with Gasteiger partial charge < -0.3 is 20.6 Å². The summed E-state index contributed by atoms with van der Waals surface area (Å²) >= 11 is 0. The Kier molecular flexibility index (Phi) is 6.49. The minimum atomic E-state index is -0.986. The minimum Gasteiger partial charge on any atom is -0.481 e. The van der Waals surface area contributed by atoms with Crippen LogP contribution >= 0.6 is 0 Å². The maximum Gasteiger partial charge on any atom is 0.305 e. The van der Waals surface area contributed by atoms with E-state index in [2.05, 4.69) is 5.32 Å². The Labute approximate surface area is 112 Å². The topological polar surface area (TPSA) is 89.8 Å². The van der Waals surface area contributed by atoms with Crippen LogP contribution in [-0.4, -0.2) is 40.5 Å². The van der Waals surface area contributed by atoms with Gasteiger partial charge in [0, 0.05) is 12.6 Å². The van der Waals surface area contributed by atoms with Crippen LogP contribution in [0.2, 0.25) is 0 Å². The van der Waals surface area contributed by atoms with Gasteiger partial charge in [0.1, 0.15) is 0 Å². The first kappa shape index (κ1) is 15.6. The van der Waals surface area contributed by atoms with Gasteiger partial charge in [0.25, 0.3) is 0 Å². The number of hydrogen-bond acceptors (Lipinski definition) is 4. The van der Waals surface area contributed by atoms with Crippen LogP contribution in [0.15, 0.2) is 24.3 Å². The Morgan fingerprint density at radius 3 is 2.42 bits per heavy atom. The lowest BCUT2D eigenvalue weighted by Crippen LogP contribution is -2.38. The fourth-order valence-electron chi connectivity index (χ4n) is 1.92. The summed E-state index contributed by atoms with van der Waals surface area (Å²) < 4.78 is 0. The molecular weight excluding hydrogens is 246 g/mol. The van der Waals surface area contributed by atoms with Crippen molar-refractivity contribution < 1.29 is 20.1 Å². The molecule has 0 aliphatic rings. The summed E-state index contributed by atoms with van der Waals surface area (Å²) in [5.74, 6) is -0.986. The van der Waals surface area contributed by atoms with E-state index >= 15 is 0 Å². The Morgan fingerprint density at radius 2 is 1.95 bits per heavy atom. The highest BCUT2D eigenvalue weighted by Gasteiger charge is 2.22. The number of aryl methyl sites for hydroxylation is 1. The second kappa shape index (κ2) is 7.89. The van der Waals surface area contributed by atoms with Crippen molar-refractivity contribution in [1.82, 2.24) is 5.32 Å². The van der Waals surface area contributed by atoms with Crippen molar-refractivity contribution in [2.45, 2.75) is 31.9 Å². The van der Waals surface area contributed by atoms with E-state index in [1.807, 2.05) is 19.1 Å². The van der Waals surface area contributed by atoms with Crippen molar-refractivity contribution in [3.05, 3.63) is 35.4 Å². The summed E-state index contributed by atoms with van der Waals surface area (Å²) in [6.45, 7) is 2.20. The molecule has 19 heavy (non-hydrogen) atoms. The number of hydrogen-bond donors (Lipinski definition) is 4. The standard InChI is InChI=1S/C14H21NO4/c1-2-10-3-5-11(6-4-10)14(19)12(9-13(17)18)15-7-8-16/h3-6,12,14-16,19H,2,7-9H2,1H3,(H,17,18). The van der Waals surface area contributed by atoms with Crippen molar-refractivity contribution in [1.29, 1.82) is 0 Å². The average molecular weight is 267 g/mol. The zero-order valence-corrected chi connectivity index (χ0v) is 11.0. The maximum atomic E-state index is 10.8. The molecule has 2 unspecified atom stereocenters. The summed E-state index contributed by atoms with van der Waals surface area (Å²) in [5.41, 5.74) is 1.84. The molecule has 0 bridgehead atoms. The van der Waals surface area contributed by atoms with E-state index < -0.39 is 18.1 Å². The van der Waals surface area contributed by atoms with E-state index in [4.69, 9.17) is 10.2 Å². The molecule has 0 heterocycles. The zero-order valence-electron chi connectivity index (χ0n) is 11.0. The molecule has 0 fully saturated rings. The van der Waals surface area contributed by atoms with Crippen LogP contribution in [0.1, 0.15) is 30.6 Å². The van der Waals surface area contributed by atoms with Gasteiger partial charge in [-0.1, -0.05) is 31.2 Å². The van der Waals surface area contributed by atoms with Crippen LogP contribution < -0.4 is 5.32 Å². The number of rotatable bonds is 8. The molecule has 1 rings (SSSR count). The number of carboxylic acids is 1. The van der Waals surface area contributed by atoms with Crippen molar-refractivity contribution in [3.63, 3.8) is 0 Å². The quantitative estimate of drug-likeness (QED) is 0.557. The Bertz CT molecular complexity index is 391. The number of carbonyl (C=O) groups is 1. The SMILES string of the molecule is CCc1ccc(C(O)C(CC(=O)O)NCCO)cc1. The highest BCUT2D eigenvalue weighted by Crippen LogP contribution is 2.19. The van der Waals surface area contributed by atoms with E-state index in [9.17, 15) is 9.90 Å². The van der Waals surface area contributed by atoms with Gasteiger partial charge in [-0.05, 0) is 17.5 Å². The summed E-state index contributed by atoms with van der Waals surface area (Å²) in [5, 5.41) is 30.7. The van der Waals surface area contributed by atoms with Gasteiger partial charge in [0.05, 0.1) is 19.1 Å². The van der Waals surface area contributed by atoms with E-state index in [0.717, 1.165) is 12.0 Å². The highest BCUT2D eigenvalue weighted by atomic mass is 16.4. The van der Waals surface area contributed by atoms with Gasteiger partial charge in [0.15, 0.2) is 0 Å². The molecule has 2 atom stereocenters.